The molecule has 2 N–H and O–H groups in total. The molecule has 3 aromatic rings. The number of ether oxygens (including phenoxy) is 1. The summed E-state index contributed by atoms with van der Waals surface area (Å²) in [6.07, 6.45) is -1.73. The number of benzene rings is 1. The van der Waals surface area contributed by atoms with Crippen molar-refractivity contribution in [3.63, 3.8) is 0 Å². The van der Waals surface area contributed by atoms with Gasteiger partial charge in [-0.3, -0.25) is 0 Å². The Labute approximate surface area is 140 Å². The fourth-order valence-electron chi connectivity index (χ4n) is 2.73. The van der Waals surface area contributed by atoms with Crippen LogP contribution in [0.3, 0.4) is 0 Å². The number of fused-ring (bicyclic) bond motifs is 1. The Morgan fingerprint density at radius 1 is 1.12 bits per heavy atom. The molecule has 0 bridgehead atoms. The predicted octanol–water partition coefficient (Wildman–Crippen LogP) is 3.76. The first-order chi connectivity index (χ1) is 11.9. The van der Waals surface area contributed by atoms with E-state index in [1.165, 1.54) is 10.6 Å². The van der Waals surface area contributed by atoms with Gasteiger partial charge < -0.3 is 10.5 Å². The molecule has 0 radical (unpaired) electrons. The summed E-state index contributed by atoms with van der Waals surface area (Å²) < 4.78 is 45.6. The number of anilines is 1. The van der Waals surface area contributed by atoms with Gasteiger partial charge in [0.05, 0.1) is 12.2 Å². The summed E-state index contributed by atoms with van der Waals surface area (Å²) >= 11 is 0. The van der Waals surface area contributed by atoms with Gasteiger partial charge in [0, 0.05) is 6.42 Å². The van der Waals surface area contributed by atoms with Gasteiger partial charge >= 0.3 is 6.18 Å². The van der Waals surface area contributed by atoms with Crippen molar-refractivity contribution in [1.82, 2.24) is 14.6 Å². The lowest BCUT2D eigenvalue weighted by Gasteiger charge is -2.09. The second kappa shape index (κ2) is 5.51. The van der Waals surface area contributed by atoms with E-state index in [4.69, 9.17) is 10.5 Å². The lowest BCUT2D eigenvalue weighted by Crippen LogP contribution is -2.04. The molecule has 0 unspecified atom stereocenters. The highest BCUT2D eigenvalue weighted by molar-refractivity contribution is 5.72. The number of hydrogen-bond acceptors (Lipinski definition) is 4. The van der Waals surface area contributed by atoms with Crippen molar-refractivity contribution in [2.45, 2.75) is 12.6 Å². The Kier molecular flexibility index (Phi) is 3.41. The first kappa shape index (κ1) is 15.5. The summed E-state index contributed by atoms with van der Waals surface area (Å²) in [4.78, 5) is 4.37. The van der Waals surface area contributed by atoms with Crippen LogP contribution in [0.2, 0.25) is 0 Å². The van der Waals surface area contributed by atoms with Crippen molar-refractivity contribution >= 4 is 17.2 Å². The van der Waals surface area contributed by atoms with Crippen molar-refractivity contribution in [2.75, 3.05) is 12.3 Å². The van der Waals surface area contributed by atoms with E-state index in [1.54, 1.807) is 18.2 Å². The zero-order chi connectivity index (χ0) is 17.6. The molecule has 3 heterocycles. The number of aromatic nitrogens is 3. The molecule has 0 aliphatic carbocycles. The molecular formula is C17H13F3N4O. The molecule has 5 nitrogen and oxygen atoms in total. The number of hydrogen-bond donors (Lipinski definition) is 1. The maximum atomic E-state index is 12.9. The van der Waals surface area contributed by atoms with Gasteiger partial charge in [-0.1, -0.05) is 12.1 Å². The van der Waals surface area contributed by atoms with Crippen molar-refractivity contribution in [2.24, 2.45) is 0 Å². The minimum atomic E-state index is -4.40. The molecule has 0 amide bonds. The van der Waals surface area contributed by atoms with Crippen LogP contribution in [0, 0.1) is 0 Å². The predicted molar refractivity (Wildman–Crippen MR) is 86.4 cm³/mol. The molecule has 0 spiro atoms. The van der Waals surface area contributed by atoms with Gasteiger partial charge in [0.1, 0.15) is 5.82 Å². The van der Waals surface area contributed by atoms with Crippen LogP contribution < -0.4 is 5.73 Å². The summed E-state index contributed by atoms with van der Waals surface area (Å²) in [7, 11) is 0. The third-order valence-electron chi connectivity index (χ3n) is 3.91. The summed E-state index contributed by atoms with van der Waals surface area (Å²) in [5.41, 5.74) is 6.68. The number of nitrogens with zero attached hydrogens (tertiary/aromatic N) is 3. The minimum absolute atomic E-state index is 0.280. The molecule has 0 atom stereocenters. The second-order valence-corrected chi connectivity index (χ2v) is 5.66. The van der Waals surface area contributed by atoms with E-state index >= 15 is 0 Å². The first-order valence-electron chi connectivity index (χ1n) is 7.59. The third-order valence-corrected chi connectivity index (χ3v) is 3.91. The van der Waals surface area contributed by atoms with Gasteiger partial charge in [-0.05, 0) is 41.5 Å². The average Bonchev–Trinajstić information content (AvgIpc) is 3.23. The number of nitrogen functional groups attached to an aromatic ring is 1. The van der Waals surface area contributed by atoms with Crippen molar-refractivity contribution in [3.05, 3.63) is 53.9 Å². The summed E-state index contributed by atoms with van der Waals surface area (Å²) in [5.74, 6) is 1.27. The normalized spacial score (nSPS) is 14.6. The third kappa shape index (κ3) is 2.79. The molecule has 0 saturated carbocycles. The van der Waals surface area contributed by atoms with E-state index in [0.29, 0.717) is 35.0 Å². The number of pyridine rings is 1. The minimum Gasteiger partial charge on any atom is -0.490 e. The molecule has 8 heteroatoms. The number of rotatable bonds is 2. The largest absolute Gasteiger partial charge is 0.490 e. The molecule has 0 fully saturated rings. The molecule has 4 rings (SSSR count). The van der Waals surface area contributed by atoms with Crippen molar-refractivity contribution < 1.29 is 17.9 Å². The van der Waals surface area contributed by atoms with Crippen LogP contribution in [-0.4, -0.2) is 21.2 Å². The smallest absolute Gasteiger partial charge is 0.416 e. The quantitative estimate of drug-likeness (QED) is 0.767. The monoisotopic (exact) mass is 346 g/mol. The molecule has 128 valence electrons. The molecule has 1 aliphatic rings. The van der Waals surface area contributed by atoms with Crippen LogP contribution in [0.15, 0.2) is 42.5 Å². The van der Waals surface area contributed by atoms with Crippen LogP contribution in [0.25, 0.3) is 22.5 Å². The molecule has 2 aromatic heterocycles. The molecule has 1 aromatic carbocycles. The lowest BCUT2D eigenvalue weighted by molar-refractivity contribution is -0.137. The van der Waals surface area contributed by atoms with Crippen LogP contribution in [0.1, 0.15) is 17.8 Å². The topological polar surface area (TPSA) is 65.4 Å². The Bertz CT molecular complexity index is 991. The van der Waals surface area contributed by atoms with Gasteiger partial charge in [0.2, 0.25) is 5.82 Å². The van der Waals surface area contributed by atoms with Gasteiger partial charge in [-0.25, -0.2) is 4.98 Å². The molecule has 0 saturated heterocycles. The highest BCUT2D eigenvalue weighted by Crippen LogP contribution is 2.33. The van der Waals surface area contributed by atoms with Gasteiger partial charge in [0.25, 0.3) is 0 Å². The standard InChI is InChI=1S/C17H13F3N4O/c18-17(19,20)12-4-1-3-10(7-12)11-8-14(21)24-15(9-11)22-16(23-24)13-5-2-6-25-13/h1,3-5,7-9H,2,6,21H2. The van der Waals surface area contributed by atoms with E-state index in [9.17, 15) is 13.2 Å². The molecule has 25 heavy (non-hydrogen) atoms. The fraction of sp³-hybridized carbons (Fsp3) is 0.176. The van der Waals surface area contributed by atoms with Crippen LogP contribution in [0.4, 0.5) is 19.0 Å². The van der Waals surface area contributed by atoms with E-state index in [2.05, 4.69) is 10.1 Å². The van der Waals surface area contributed by atoms with Gasteiger partial charge in [0.15, 0.2) is 11.4 Å². The zero-order valence-corrected chi connectivity index (χ0v) is 12.9. The average molecular weight is 346 g/mol. The molecular weight excluding hydrogens is 333 g/mol. The van der Waals surface area contributed by atoms with Crippen LogP contribution >= 0.6 is 0 Å². The van der Waals surface area contributed by atoms with Crippen molar-refractivity contribution in [3.8, 4) is 11.1 Å². The molecule has 1 aliphatic heterocycles. The van der Waals surface area contributed by atoms with E-state index < -0.39 is 11.7 Å². The Hall–Kier alpha value is -3.03. The van der Waals surface area contributed by atoms with Crippen LogP contribution in [0.5, 0.6) is 0 Å². The van der Waals surface area contributed by atoms with Crippen LogP contribution in [-0.2, 0) is 10.9 Å². The van der Waals surface area contributed by atoms with E-state index in [-0.39, 0.29) is 5.82 Å². The van der Waals surface area contributed by atoms with Gasteiger partial charge in [-0.2, -0.15) is 17.7 Å². The lowest BCUT2D eigenvalue weighted by atomic mass is 10.0. The SMILES string of the molecule is Nc1cc(-c2cccc(C(F)(F)F)c2)cc2nc(C3=CCCO3)nn12. The number of halogens is 3. The number of nitrogens with two attached hydrogens (primary N) is 1. The van der Waals surface area contributed by atoms with E-state index in [0.717, 1.165) is 18.6 Å². The Morgan fingerprint density at radius 2 is 1.96 bits per heavy atom. The highest BCUT2D eigenvalue weighted by Gasteiger charge is 2.30. The summed E-state index contributed by atoms with van der Waals surface area (Å²) in [6.45, 7) is 0.579. The van der Waals surface area contributed by atoms with E-state index in [1.807, 2.05) is 6.08 Å². The Balaban J connectivity index is 1.81. The summed E-state index contributed by atoms with van der Waals surface area (Å²) in [5, 5.41) is 4.29. The maximum absolute atomic E-state index is 12.9. The summed E-state index contributed by atoms with van der Waals surface area (Å²) in [6, 6.07) is 8.31. The highest BCUT2D eigenvalue weighted by atomic mass is 19.4. The van der Waals surface area contributed by atoms with Gasteiger partial charge in [-0.15, -0.1) is 5.10 Å². The zero-order valence-electron chi connectivity index (χ0n) is 12.9. The Morgan fingerprint density at radius 3 is 2.68 bits per heavy atom. The maximum Gasteiger partial charge on any atom is 0.416 e. The number of alkyl halides is 3. The fourth-order valence-corrected chi connectivity index (χ4v) is 2.73. The van der Waals surface area contributed by atoms with Crippen molar-refractivity contribution in [1.29, 1.82) is 0 Å². The second-order valence-electron chi connectivity index (χ2n) is 5.66. The first-order valence-corrected chi connectivity index (χ1v) is 7.59.